The van der Waals surface area contributed by atoms with Gasteiger partial charge in [0.1, 0.15) is 0 Å². The third kappa shape index (κ3) is 2.82. The fraction of sp³-hybridized carbons (Fsp3) is 0.182. The highest BCUT2D eigenvalue weighted by atomic mass is 16.6. The molecule has 0 heterocycles. The van der Waals surface area contributed by atoms with Crippen LogP contribution in [-0.2, 0) is 0 Å². The van der Waals surface area contributed by atoms with Gasteiger partial charge in [0.2, 0.25) is 0 Å². The predicted octanol–water partition coefficient (Wildman–Crippen LogP) is 2.00. The van der Waals surface area contributed by atoms with Crippen LogP contribution in [0.3, 0.4) is 0 Å². The molecule has 0 aromatic heterocycles. The molecule has 0 fully saturated rings. The highest BCUT2D eigenvalue weighted by Crippen LogP contribution is 2.21. The molecule has 0 aliphatic carbocycles. The van der Waals surface area contributed by atoms with Crippen LogP contribution in [0.25, 0.3) is 6.08 Å². The second-order valence-corrected chi connectivity index (χ2v) is 3.42. The third-order valence-electron chi connectivity index (χ3n) is 1.91. The first-order chi connectivity index (χ1) is 7.54. The van der Waals surface area contributed by atoms with Crippen LogP contribution in [-0.4, -0.2) is 23.9 Å². The van der Waals surface area contributed by atoms with Gasteiger partial charge in [-0.25, -0.2) is 0 Å². The van der Waals surface area contributed by atoms with Gasteiger partial charge >= 0.3 is 0 Å². The van der Waals surface area contributed by atoms with E-state index in [2.05, 4.69) is 0 Å². The quantitative estimate of drug-likeness (QED) is 0.573. The van der Waals surface area contributed by atoms with Crippen molar-refractivity contribution in [2.75, 3.05) is 14.1 Å². The molecule has 16 heavy (non-hydrogen) atoms. The van der Waals surface area contributed by atoms with Crippen LogP contribution in [0.5, 0.6) is 0 Å². The van der Waals surface area contributed by atoms with E-state index in [0.29, 0.717) is 5.56 Å². The van der Waals surface area contributed by atoms with Crippen LogP contribution in [0.2, 0.25) is 0 Å². The van der Waals surface area contributed by atoms with E-state index < -0.39 is 4.92 Å². The summed E-state index contributed by atoms with van der Waals surface area (Å²) >= 11 is 0. The number of hydrogen-bond acceptors (Lipinski definition) is 4. The molecule has 0 aliphatic heterocycles. The van der Waals surface area contributed by atoms with E-state index in [1.54, 1.807) is 29.3 Å². The maximum absolute atomic E-state index is 10.8. The van der Waals surface area contributed by atoms with Gasteiger partial charge in [0, 0.05) is 20.2 Å². The summed E-state index contributed by atoms with van der Waals surface area (Å²) in [6.07, 6.45) is 3.35. The predicted molar refractivity (Wildman–Crippen MR) is 60.5 cm³/mol. The van der Waals surface area contributed by atoms with Crippen molar-refractivity contribution >= 4 is 11.8 Å². The van der Waals surface area contributed by atoms with E-state index in [0.717, 1.165) is 0 Å². The van der Waals surface area contributed by atoms with E-state index in [4.69, 9.17) is 5.26 Å². The zero-order valence-corrected chi connectivity index (χ0v) is 9.04. The number of nitrogens with zero attached hydrogens (tertiary/aromatic N) is 3. The smallest absolute Gasteiger partial charge is 0.277 e. The van der Waals surface area contributed by atoms with Crippen molar-refractivity contribution in [3.05, 3.63) is 45.6 Å². The molecular formula is C11H11N3O2. The lowest BCUT2D eigenvalue weighted by Gasteiger charge is -2.03. The molecule has 1 aromatic rings. The molecule has 0 radical (unpaired) electrons. The van der Waals surface area contributed by atoms with Gasteiger partial charge in [-0.05, 0) is 24.4 Å². The van der Waals surface area contributed by atoms with Gasteiger partial charge < -0.3 is 4.90 Å². The van der Waals surface area contributed by atoms with Crippen molar-refractivity contribution in [2.24, 2.45) is 0 Å². The average Bonchev–Trinajstić information content (AvgIpc) is 2.25. The first-order valence-corrected chi connectivity index (χ1v) is 4.58. The van der Waals surface area contributed by atoms with Crippen molar-refractivity contribution in [1.82, 2.24) is 4.90 Å². The average molecular weight is 217 g/mol. The van der Waals surface area contributed by atoms with Gasteiger partial charge in [0.05, 0.1) is 22.1 Å². The molecule has 0 saturated carbocycles. The molecule has 82 valence electrons. The Hall–Kier alpha value is -2.35. The number of nitriles is 1. The monoisotopic (exact) mass is 217 g/mol. The molecule has 0 aliphatic rings. The highest BCUT2D eigenvalue weighted by molar-refractivity contribution is 5.62. The number of rotatable bonds is 3. The third-order valence-corrected chi connectivity index (χ3v) is 1.91. The van der Waals surface area contributed by atoms with Crippen molar-refractivity contribution in [2.45, 2.75) is 0 Å². The topological polar surface area (TPSA) is 70.2 Å². The standard InChI is InChI=1S/C11H11N3O2/c1-13(2)6-5-10-4-3-9(8-12)7-11(10)14(15)16/h3-7H,1-2H3. The van der Waals surface area contributed by atoms with Gasteiger partial charge in [-0.15, -0.1) is 0 Å². The maximum Gasteiger partial charge on any atom is 0.277 e. The second-order valence-electron chi connectivity index (χ2n) is 3.42. The molecule has 0 unspecified atom stereocenters. The molecule has 0 amide bonds. The Morgan fingerprint density at radius 2 is 2.19 bits per heavy atom. The summed E-state index contributed by atoms with van der Waals surface area (Å²) < 4.78 is 0. The van der Waals surface area contributed by atoms with Gasteiger partial charge in [0.15, 0.2) is 0 Å². The summed E-state index contributed by atoms with van der Waals surface area (Å²) in [5, 5.41) is 19.4. The van der Waals surface area contributed by atoms with E-state index in [-0.39, 0.29) is 11.3 Å². The molecule has 0 saturated heterocycles. The Labute approximate surface area is 93.4 Å². The Bertz CT molecular complexity index is 473. The van der Waals surface area contributed by atoms with Crippen LogP contribution >= 0.6 is 0 Å². The van der Waals surface area contributed by atoms with E-state index in [1.165, 1.54) is 6.07 Å². The zero-order valence-electron chi connectivity index (χ0n) is 9.04. The molecule has 1 aromatic carbocycles. The number of nitro benzene ring substituents is 1. The molecule has 5 nitrogen and oxygen atoms in total. The Morgan fingerprint density at radius 3 is 2.69 bits per heavy atom. The van der Waals surface area contributed by atoms with E-state index in [9.17, 15) is 10.1 Å². The minimum atomic E-state index is -0.490. The molecule has 0 bridgehead atoms. The van der Waals surface area contributed by atoms with Gasteiger partial charge in [-0.2, -0.15) is 5.26 Å². The summed E-state index contributed by atoms with van der Waals surface area (Å²) in [6.45, 7) is 0. The number of benzene rings is 1. The molecule has 0 N–H and O–H groups in total. The fourth-order valence-electron chi connectivity index (χ4n) is 1.14. The largest absolute Gasteiger partial charge is 0.383 e. The lowest BCUT2D eigenvalue weighted by atomic mass is 10.1. The van der Waals surface area contributed by atoms with Gasteiger partial charge in [-0.1, -0.05) is 0 Å². The minimum Gasteiger partial charge on any atom is -0.383 e. The van der Waals surface area contributed by atoms with Crippen LogP contribution in [0.15, 0.2) is 24.4 Å². The van der Waals surface area contributed by atoms with Crippen LogP contribution in [0, 0.1) is 21.4 Å². The molecular weight excluding hydrogens is 206 g/mol. The van der Waals surface area contributed by atoms with Gasteiger partial charge in [0.25, 0.3) is 5.69 Å². The normalized spacial score (nSPS) is 10.1. The Morgan fingerprint density at radius 1 is 1.50 bits per heavy atom. The minimum absolute atomic E-state index is 0.0582. The highest BCUT2D eigenvalue weighted by Gasteiger charge is 2.12. The van der Waals surface area contributed by atoms with Crippen molar-refractivity contribution in [3.63, 3.8) is 0 Å². The molecule has 1 rings (SSSR count). The summed E-state index contributed by atoms with van der Waals surface area (Å²) in [5.74, 6) is 0. The first-order valence-electron chi connectivity index (χ1n) is 4.58. The van der Waals surface area contributed by atoms with Crippen LogP contribution in [0.1, 0.15) is 11.1 Å². The summed E-state index contributed by atoms with van der Waals surface area (Å²) in [6, 6.07) is 6.27. The van der Waals surface area contributed by atoms with Gasteiger partial charge in [-0.3, -0.25) is 10.1 Å². The Kier molecular flexibility index (Phi) is 3.62. The fourth-order valence-corrected chi connectivity index (χ4v) is 1.14. The number of hydrogen-bond donors (Lipinski definition) is 0. The lowest BCUT2D eigenvalue weighted by molar-refractivity contribution is -0.385. The molecule has 5 heteroatoms. The second kappa shape index (κ2) is 4.94. The van der Waals surface area contributed by atoms with Crippen LogP contribution in [0.4, 0.5) is 5.69 Å². The molecule has 0 atom stereocenters. The van der Waals surface area contributed by atoms with Crippen molar-refractivity contribution in [3.8, 4) is 6.07 Å². The summed E-state index contributed by atoms with van der Waals surface area (Å²) in [5.41, 5.74) is 0.712. The maximum atomic E-state index is 10.8. The Balaban J connectivity index is 3.19. The number of nitro groups is 1. The van der Waals surface area contributed by atoms with Crippen LogP contribution < -0.4 is 0 Å². The van der Waals surface area contributed by atoms with Crippen molar-refractivity contribution in [1.29, 1.82) is 5.26 Å². The zero-order chi connectivity index (χ0) is 12.1. The van der Waals surface area contributed by atoms with E-state index in [1.807, 2.05) is 20.2 Å². The summed E-state index contributed by atoms with van der Waals surface area (Å²) in [7, 11) is 3.65. The SMILES string of the molecule is CN(C)C=Cc1ccc(C#N)cc1[N+](=O)[O-]. The molecule has 0 spiro atoms. The first kappa shape index (κ1) is 11.7. The van der Waals surface area contributed by atoms with E-state index >= 15 is 0 Å². The lowest BCUT2D eigenvalue weighted by Crippen LogP contribution is -2.00. The summed E-state index contributed by atoms with van der Waals surface area (Å²) in [4.78, 5) is 12.1. The van der Waals surface area contributed by atoms with Crippen molar-refractivity contribution < 1.29 is 4.92 Å².